The molecule has 0 amide bonds. The third-order valence-electron chi connectivity index (χ3n) is 4.63. The van der Waals surface area contributed by atoms with Crippen molar-refractivity contribution in [2.45, 2.75) is 45.1 Å². The highest BCUT2D eigenvalue weighted by molar-refractivity contribution is 5.54. The molecule has 0 radical (unpaired) electrons. The van der Waals surface area contributed by atoms with Crippen LogP contribution in [0.1, 0.15) is 38.2 Å². The van der Waals surface area contributed by atoms with Gasteiger partial charge in [0.2, 0.25) is 0 Å². The van der Waals surface area contributed by atoms with E-state index in [-0.39, 0.29) is 0 Å². The Bertz CT molecular complexity index is 411. The van der Waals surface area contributed by atoms with Crippen LogP contribution in [0, 0.1) is 5.92 Å². The van der Waals surface area contributed by atoms with E-state index in [0.29, 0.717) is 6.04 Å². The Balaban J connectivity index is 1.57. The fraction of sp³-hybridized carbons (Fsp3) is 0.647. The molecule has 0 saturated heterocycles. The molecule has 2 nitrogen and oxygen atoms in total. The van der Waals surface area contributed by atoms with E-state index in [0.717, 1.165) is 19.0 Å². The van der Waals surface area contributed by atoms with Gasteiger partial charge < -0.3 is 10.2 Å². The molecule has 1 unspecified atom stereocenters. The van der Waals surface area contributed by atoms with E-state index in [9.17, 15) is 0 Å². The van der Waals surface area contributed by atoms with Gasteiger partial charge in [-0.1, -0.05) is 18.2 Å². The Labute approximate surface area is 117 Å². The first-order valence-corrected chi connectivity index (χ1v) is 7.91. The normalized spacial score (nSPS) is 20.8. The second-order valence-electron chi connectivity index (χ2n) is 6.15. The monoisotopic (exact) mass is 258 g/mol. The zero-order valence-electron chi connectivity index (χ0n) is 12.1. The molecule has 1 aromatic rings. The van der Waals surface area contributed by atoms with Crippen molar-refractivity contribution in [3.8, 4) is 0 Å². The first-order chi connectivity index (χ1) is 9.34. The van der Waals surface area contributed by atoms with Gasteiger partial charge in [-0.3, -0.25) is 0 Å². The summed E-state index contributed by atoms with van der Waals surface area (Å²) in [6, 6.07) is 9.66. The van der Waals surface area contributed by atoms with Gasteiger partial charge in [0.05, 0.1) is 0 Å². The van der Waals surface area contributed by atoms with E-state index in [1.807, 2.05) is 0 Å². The molecule has 0 aromatic heterocycles. The number of rotatable bonds is 5. The molecule has 0 spiro atoms. The van der Waals surface area contributed by atoms with E-state index < -0.39 is 0 Å². The molecule has 2 heteroatoms. The van der Waals surface area contributed by atoms with Crippen LogP contribution in [0.15, 0.2) is 24.3 Å². The van der Waals surface area contributed by atoms with Crippen molar-refractivity contribution in [2.75, 3.05) is 24.5 Å². The number of anilines is 1. The summed E-state index contributed by atoms with van der Waals surface area (Å²) < 4.78 is 0. The summed E-state index contributed by atoms with van der Waals surface area (Å²) in [5, 5.41) is 3.70. The number of nitrogens with one attached hydrogen (secondary N) is 1. The van der Waals surface area contributed by atoms with Crippen molar-refractivity contribution < 1.29 is 0 Å². The number of nitrogens with zero attached hydrogens (tertiary/aromatic N) is 1. The lowest BCUT2D eigenvalue weighted by atomic mass is 10.1. The van der Waals surface area contributed by atoms with Crippen molar-refractivity contribution in [1.29, 1.82) is 0 Å². The molecule has 1 saturated carbocycles. The molecule has 1 fully saturated rings. The Morgan fingerprint density at radius 2 is 2.11 bits per heavy atom. The minimum atomic E-state index is 0.710. The lowest BCUT2D eigenvalue weighted by molar-refractivity contribution is 0.497. The quantitative estimate of drug-likeness (QED) is 0.872. The van der Waals surface area contributed by atoms with Crippen molar-refractivity contribution >= 4 is 5.69 Å². The van der Waals surface area contributed by atoms with Gasteiger partial charge in [-0.25, -0.2) is 0 Å². The summed E-state index contributed by atoms with van der Waals surface area (Å²) in [5.41, 5.74) is 3.01. The van der Waals surface area contributed by atoms with Crippen LogP contribution < -0.4 is 10.2 Å². The van der Waals surface area contributed by atoms with Crippen LogP contribution >= 0.6 is 0 Å². The molecule has 19 heavy (non-hydrogen) atoms. The SMILES string of the molecule is CC(NCCN1CCCCc2ccccc21)C1CC1. The van der Waals surface area contributed by atoms with Gasteiger partial charge >= 0.3 is 0 Å². The predicted molar refractivity (Wildman–Crippen MR) is 81.8 cm³/mol. The zero-order chi connectivity index (χ0) is 13.1. The first-order valence-electron chi connectivity index (χ1n) is 7.91. The standard InChI is InChI=1S/C17H26N2/c1-14(15-9-10-15)18-11-13-19-12-5-4-7-16-6-2-3-8-17(16)19/h2-3,6,8,14-15,18H,4-5,7,9-13H2,1H3. The molecule has 1 heterocycles. The third kappa shape index (κ3) is 3.30. The average molecular weight is 258 g/mol. The van der Waals surface area contributed by atoms with Gasteiger partial charge in [-0.05, 0) is 56.6 Å². The van der Waals surface area contributed by atoms with Gasteiger partial charge in [0, 0.05) is 31.4 Å². The number of para-hydroxylation sites is 1. The fourth-order valence-corrected chi connectivity index (χ4v) is 3.19. The van der Waals surface area contributed by atoms with E-state index in [1.54, 1.807) is 0 Å². The largest absolute Gasteiger partial charge is 0.370 e. The Morgan fingerprint density at radius 1 is 1.26 bits per heavy atom. The van der Waals surface area contributed by atoms with Crippen molar-refractivity contribution in [2.24, 2.45) is 5.92 Å². The smallest absolute Gasteiger partial charge is 0.0399 e. The maximum absolute atomic E-state index is 3.70. The molecule has 1 aliphatic carbocycles. The summed E-state index contributed by atoms with van der Waals surface area (Å²) in [7, 11) is 0. The van der Waals surface area contributed by atoms with Crippen LogP contribution in [0.3, 0.4) is 0 Å². The number of benzene rings is 1. The molecule has 2 aliphatic rings. The number of hydrogen-bond acceptors (Lipinski definition) is 2. The van der Waals surface area contributed by atoms with Crippen LogP contribution in [0.2, 0.25) is 0 Å². The lowest BCUT2D eigenvalue weighted by Gasteiger charge is -2.26. The van der Waals surface area contributed by atoms with Crippen LogP contribution in [-0.4, -0.2) is 25.7 Å². The Morgan fingerprint density at radius 3 is 2.95 bits per heavy atom. The second kappa shape index (κ2) is 5.96. The molecule has 3 rings (SSSR count). The third-order valence-corrected chi connectivity index (χ3v) is 4.63. The van der Waals surface area contributed by atoms with E-state index in [2.05, 4.69) is 41.4 Å². The molecule has 1 aliphatic heterocycles. The van der Waals surface area contributed by atoms with E-state index >= 15 is 0 Å². The Kier molecular flexibility index (Phi) is 4.07. The van der Waals surface area contributed by atoms with Crippen LogP contribution in [0.5, 0.6) is 0 Å². The predicted octanol–water partition coefficient (Wildman–Crippen LogP) is 3.22. The molecule has 1 N–H and O–H groups in total. The molecule has 1 aromatic carbocycles. The molecule has 0 bridgehead atoms. The molecule has 1 atom stereocenters. The highest BCUT2D eigenvalue weighted by Crippen LogP contribution is 2.32. The fourth-order valence-electron chi connectivity index (χ4n) is 3.19. The maximum Gasteiger partial charge on any atom is 0.0399 e. The summed E-state index contributed by atoms with van der Waals surface area (Å²) in [6.07, 6.45) is 6.77. The summed E-state index contributed by atoms with van der Waals surface area (Å²) >= 11 is 0. The van der Waals surface area contributed by atoms with Gasteiger partial charge in [0.1, 0.15) is 0 Å². The van der Waals surface area contributed by atoms with Crippen molar-refractivity contribution in [1.82, 2.24) is 5.32 Å². The highest BCUT2D eigenvalue weighted by Gasteiger charge is 2.27. The molecular formula is C17H26N2. The minimum Gasteiger partial charge on any atom is -0.370 e. The lowest BCUT2D eigenvalue weighted by Crippen LogP contribution is -2.37. The van der Waals surface area contributed by atoms with Gasteiger partial charge in [-0.15, -0.1) is 0 Å². The van der Waals surface area contributed by atoms with Crippen LogP contribution in [0.4, 0.5) is 5.69 Å². The summed E-state index contributed by atoms with van der Waals surface area (Å²) in [6.45, 7) is 5.82. The van der Waals surface area contributed by atoms with Gasteiger partial charge in [0.15, 0.2) is 0 Å². The molecule has 104 valence electrons. The highest BCUT2D eigenvalue weighted by atomic mass is 15.1. The second-order valence-corrected chi connectivity index (χ2v) is 6.15. The Hall–Kier alpha value is -1.02. The van der Waals surface area contributed by atoms with Crippen molar-refractivity contribution in [3.63, 3.8) is 0 Å². The maximum atomic E-state index is 3.70. The summed E-state index contributed by atoms with van der Waals surface area (Å²) in [4.78, 5) is 2.58. The summed E-state index contributed by atoms with van der Waals surface area (Å²) in [5.74, 6) is 0.955. The van der Waals surface area contributed by atoms with E-state index in [4.69, 9.17) is 0 Å². The average Bonchev–Trinajstić information content (AvgIpc) is 3.26. The topological polar surface area (TPSA) is 15.3 Å². The van der Waals surface area contributed by atoms with Crippen molar-refractivity contribution in [3.05, 3.63) is 29.8 Å². The number of aryl methyl sites for hydroxylation is 1. The minimum absolute atomic E-state index is 0.710. The zero-order valence-corrected chi connectivity index (χ0v) is 12.1. The molecular weight excluding hydrogens is 232 g/mol. The van der Waals surface area contributed by atoms with Gasteiger partial charge in [0.25, 0.3) is 0 Å². The number of fused-ring (bicyclic) bond motifs is 1. The van der Waals surface area contributed by atoms with Crippen LogP contribution in [-0.2, 0) is 6.42 Å². The van der Waals surface area contributed by atoms with Crippen LogP contribution in [0.25, 0.3) is 0 Å². The first kappa shape index (κ1) is 13.0. The number of hydrogen-bond donors (Lipinski definition) is 1. The van der Waals surface area contributed by atoms with Gasteiger partial charge in [-0.2, -0.15) is 0 Å². The van der Waals surface area contributed by atoms with E-state index in [1.165, 1.54) is 49.9 Å².